The van der Waals surface area contributed by atoms with Crippen LogP contribution in [0.1, 0.15) is 16.8 Å². The Balaban J connectivity index is 1.72. The topological polar surface area (TPSA) is 80.2 Å². The first-order valence-corrected chi connectivity index (χ1v) is 12.3. The maximum atomic E-state index is 13.3. The largest absolute Gasteiger partial charge is 0.281 e. The summed E-state index contributed by atoms with van der Waals surface area (Å²) in [6, 6.07) is 13.7. The normalized spacial score (nSPS) is 11.6. The fraction of sp³-hybridized carbons (Fsp3) is 0.174. The summed E-state index contributed by atoms with van der Waals surface area (Å²) in [7, 11) is -3.97. The highest BCUT2D eigenvalue weighted by molar-refractivity contribution is 7.92. The number of anilines is 1. The average Bonchev–Trinajstić information content (AvgIpc) is 3.22. The molecule has 2 aromatic carbocycles. The summed E-state index contributed by atoms with van der Waals surface area (Å²) in [5.41, 5.74) is 3.38. The molecule has 164 valence electrons. The molecule has 0 unspecified atom stereocenters. The molecule has 9 heteroatoms. The number of rotatable bonds is 6. The van der Waals surface area contributed by atoms with Crippen molar-refractivity contribution in [2.24, 2.45) is 0 Å². The van der Waals surface area contributed by atoms with E-state index >= 15 is 0 Å². The Morgan fingerprint density at radius 1 is 1.03 bits per heavy atom. The van der Waals surface area contributed by atoms with Crippen LogP contribution in [-0.4, -0.2) is 30.0 Å². The Morgan fingerprint density at radius 2 is 1.75 bits per heavy atom. The van der Waals surface area contributed by atoms with Crippen LogP contribution in [0.4, 0.5) is 9.52 Å². The predicted octanol–water partition coefficient (Wildman–Crippen LogP) is 4.45. The monoisotopic (exact) mass is 469 g/mol. The first kappa shape index (κ1) is 22.0. The molecule has 0 aliphatic heterocycles. The molecule has 2 aromatic heterocycles. The first-order valence-electron chi connectivity index (χ1n) is 9.80. The number of carbonyl (C=O) groups excluding carboxylic acids is 1. The average molecular weight is 470 g/mol. The van der Waals surface area contributed by atoms with Crippen LogP contribution in [0.2, 0.25) is 0 Å². The highest BCUT2D eigenvalue weighted by atomic mass is 32.2. The lowest BCUT2D eigenvalue weighted by Gasteiger charge is -2.19. The van der Waals surface area contributed by atoms with Crippen LogP contribution in [0.15, 0.2) is 65.7 Å². The van der Waals surface area contributed by atoms with Crippen molar-refractivity contribution in [3.05, 3.63) is 83.4 Å². The Hall–Kier alpha value is -3.17. The summed E-state index contributed by atoms with van der Waals surface area (Å²) in [6.07, 6.45) is 1.61. The van der Waals surface area contributed by atoms with Gasteiger partial charge in [0.15, 0.2) is 15.0 Å². The van der Waals surface area contributed by atoms with Gasteiger partial charge >= 0.3 is 0 Å². The SMILES string of the molecule is Cc1ccc(C)c2sc(N(Cc3ccccn3)C(=O)CS(=O)(=O)c3ccc(F)cc3)nc12. The lowest BCUT2D eigenvalue weighted by molar-refractivity contribution is -0.116. The van der Waals surface area contributed by atoms with Crippen LogP contribution in [-0.2, 0) is 21.2 Å². The minimum absolute atomic E-state index is 0.0799. The van der Waals surface area contributed by atoms with Gasteiger partial charge in [0.2, 0.25) is 5.91 Å². The molecule has 4 aromatic rings. The molecule has 0 bridgehead atoms. The predicted molar refractivity (Wildman–Crippen MR) is 123 cm³/mol. The number of amides is 1. The number of benzene rings is 2. The standard InChI is InChI=1S/C23H20FN3O3S2/c1-15-6-7-16(2)22-21(15)26-23(31-22)27(13-18-5-3-4-12-25-18)20(28)14-32(29,30)19-10-8-17(24)9-11-19/h3-12H,13-14H2,1-2H3. The van der Waals surface area contributed by atoms with Crippen LogP contribution in [0.5, 0.6) is 0 Å². The van der Waals surface area contributed by atoms with Gasteiger partial charge in [-0.15, -0.1) is 0 Å². The summed E-state index contributed by atoms with van der Waals surface area (Å²) in [6.45, 7) is 3.99. The van der Waals surface area contributed by atoms with Gasteiger partial charge in [-0.3, -0.25) is 14.7 Å². The molecule has 6 nitrogen and oxygen atoms in total. The van der Waals surface area contributed by atoms with Gasteiger partial charge in [-0.25, -0.2) is 17.8 Å². The molecule has 0 saturated carbocycles. The quantitative estimate of drug-likeness (QED) is 0.390. The molecule has 32 heavy (non-hydrogen) atoms. The number of aromatic nitrogens is 2. The van der Waals surface area contributed by atoms with E-state index in [0.717, 1.165) is 45.6 Å². The lowest BCUT2D eigenvalue weighted by atomic mass is 10.1. The molecule has 4 rings (SSSR count). The van der Waals surface area contributed by atoms with Crippen molar-refractivity contribution in [1.29, 1.82) is 0 Å². The maximum Gasteiger partial charge on any atom is 0.244 e. The molecule has 0 aliphatic rings. The van der Waals surface area contributed by atoms with Gasteiger partial charge in [-0.2, -0.15) is 0 Å². The number of hydrogen-bond donors (Lipinski definition) is 0. The smallest absolute Gasteiger partial charge is 0.244 e. The number of carbonyl (C=O) groups is 1. The van der Waals surface area contributed by atoms with Crippen molar-refractivity contribution >= 4 is 42.4 Å². The minimum atomic E-state index is -3.97. The van der Waals surface area contributed by atoms with Gasteiger partial charge < -0.3 is 0 Å². The van der Waals surface area contributed by atoms with Crippen LogP contribution in [0.25, 0.3) is 10.2 Å². The van der Waals surface area contributed by atoms with Crippen molar-refractivity contribution in [2.45, 2.75) is 25.3 Å². The van der Waals surface area contributed by atoms with E-state index in [1.54, 1.807) is 24.4 Å². The number of hydrogen-bond acceptors (Lipinski definition) is 6. The summed E-state index contributed by atoms with van der Waals surface area (Å²) in [4.78, 5) is 23.4. The van der Waals surface area contributed by atoms with Gasteiger partial charge in [0, 0.05) is 6.20 Å². The van der Waals surface area contributed by atoms with E-state index in [2.05, 4.69) is 9.97 Å². The maximum absolute atomic E-state index is 13.3. The molecule has 2 heterocycles. The third-order valence-corrected chi connectivity index (χ3v) is 7.83. The number of nitrogens with zero attached hydrogens (tertiary/aromatic N) is 3. The zero-order valence-corrected chi connectivity index (χ0v) is 19.1. The van der Waals surface area contributed by atoms with Gasteiger partial charge in [-0.05, 0) is 61.4 Å². The van der Waals surface area contributed by atoms with Crippen LogP contribution < -0.4 is 4.90 Å². The first-order chi connectivity index (χ1) is 15.2. The lowest BCUT2D eigenvalue weighted by Crippen LogP contribution is -2.35. The number of pyridine rings is 1. The fourth-order valence-electron chi connectivity index (χ4n) is 3.25. The molecule has 0 aliphatic carbocycles. The number of sulfone groups is 1. The summed E-state index contributed by atoms with van der Waals surface area (Å²) < 4.78 is 39.8. The van der Waals surface area contributed by atoms with E-state index < -0.39 is 27.3 Å². The molecule has 0 atom stereocenters. The van der Waals surface area contributed by atoms with Gasteiger partial charge in [0.1, 0.15) is 11.6 Å². The molecule has 0 spiro atoms. The minimum Gasteiger partial charge on any atom is -0.281 e. The molecule has 1 amide bonds. The Morgan fingerprint density at radius 3 is 2.41 bits per heavy atom. The summed E-state index contributed by atoms with van der Waals surface area (Å²) in [5.74, 6) is -1.94. The molecule has 0 saturated heterocycles. The van der Waals surface area contributed by atoms with Gasteiger partial charge in [0.05, 0.1) is 27.4 Å². The van der Waals surface area contributed by atoms with E-state index in [0.29, 0.717) is 10.8 Å². The second kappa shape index (κ2) is 8.76. The van der Waals surface area contributed by atoms with Crippen LogP contribution >= 0.6 is 11.3 Å². The van der Waals surface area contributed by atoms with E-state index in [4.69, 9.17) is 0 Å². The van der Waals surface area contributed by atoms with Gasteiger partial charge in [0.25, 0.3) is 0 Å². The highest BCUT2D eigenvalue weighted by Crippen LogP contribution is 2.34. The van der Waals surface area contributed by atoms with Crippen molar-refractivity contribution in [3.63, 3.8) is 0 Å². The van der Waals surface area contributed by atoms with Crippen molar-refractivity contribution < 1.29 is 17.6 Å². The van der Waals surface area contributed by atoms with Crippen molar-refractivity contribution in [3.8, 4) is 0 Å². The van der Waals surface area contributed by atoms with Crippen LogP contribution in [0, 0.1) is 19.7 Å². The number of fused-ring (bicyclic) bond motifs is 1. The van der Waals surface area contributed by atoms with Crippen molar-refractivity contribution in [2.75, 3.05) is 10.7 Å². The van der Waals surface area contributed by atoms with E-state index in [-0.39, 0.29) is 11.4 Å². The summed E-state index contributed by atoms with van der Waals surface area (Å²) in [5, 5.41) is 0.405. The van der Waals surface area contributed by atoms with E-state index in [1.807, 2.05) is 26.0 Å². The third-order valence-electron chi connectivity index (χ3n) is 5.00. The zero-order valence-electron chi connectivity index (χ0n) is 17.4. The third kappa shape index (κ3) is 4.53. The van der Waals surface area contributed by atoms with Gasteiger partial charge in [-0.1, -0.05) is 29.5 Å². The second-order valence-corrected chi connectivity index (χ2v) is 10.4. The number of halogens is 1. The second-order valence-electron chi connectivity index (χ2n) is 7.39. The number of thiazole rings is 1. The Kier molecular flexibility index (Phi) is 6.03. The van der Waals surface area contributed by atoms with Crippen molar-refractivity contribution in [1.82, 2.24) is 9.97 Å². The van der Waals surface area contributed by atoms with Crippen LogP contribution in [0.3, 0.4) is 0 Å². The number of aryl methyl sites for hydroxylation is 2. The molecule has 0 radical (unpaired) electrons. The van der Waals surface area contributed by atoms with E-state index in [9.17, 15) is 17.6 Å². The molecular weight excluding hydrogens is 449 g/mol. The zero-order chi connectivity index (χ0) is 22.9. The molecule has 0 N–H and O–H groups in total. The summed E-state index contributed by atoms with van der Waals surface area (Å²) >= 11 is 1.34. The molecule has 0 fully saturated rings. The van der Waals surface area contributed by atoms with E-state index in [1.165, 1.54) is 16.2 Å². The fourth-order valence-corrected chi connectivity index (χ4v) is 5.57. The molecular formula is C23H20FN3O3S2. The Bertz CT molecular complexity index is 1350. The Labute approximate surface area is 189 Å². The highest BCUT2D eigenvalue weighted by Gasteiger charge is 2.27.